The van der Waals surface area contributed by atoms with Gasteiger partial charge in [0.25, 0.3) is 0 Å². The molecule has 0 saturated heterocycles. The van der Waals surface area contributed by atoms with Gasteiger partial charge < -0.3 is 5.32 Å². The van der Waals surface area contributed by atoms with Gasteiger partial charge in [0.15, 0.2) is 0 Å². The summed E-state index contributed by atoms with van der Waals surface area (Å²) in [5, 5.41) is 3.64. The van der Waals surface area contributed by atoms with Crippen LogP contribution >= 0.6 is 0 Å². The Kier molecular flexibility index (Phi) is 3.34. The van der Waals surface area contributed by atoms with Gasteiger partial charge in [-0.05, 0) is 34.9 Å². The Morgan fingerprint density at radius 1 is 1.38 bits per heavy atom. The van der Waals surface area contributed by atoms with Gasteiger partial charge in [-0.2, -0.15) is 0 Å². The molecule has 1 aromatic rings. The van der Waals surface area contributed by atoms with E-state index in [-0.39, 0.29) is 0 Å². The zero-order valence-electron chi connectivity index (χ0n) is 10.9. The summed E-state index contributed by atoms with van der Waals surface area (Å²) in [5.41, 5.74) is 4.51. The molecule has 2 atom stereocenters. The van der Waals surface area contributed by atoms with Crippen LogP contribution in [-0.4, -0.2) is 6.04 Å². The van der Waals surface area contributed by atoms with E-state index in [1.54, 1.807) is 5.56 Å². The quantitative estimate of drug-likeness (QED) is 0.794. The average Bonchev–Trinajstić information content (AvgIpc) is 2.29. The van der Waals surface area contributed by atoms with Gasteiger partial charge in [-0.3, -0.25) is 0 Å². The van der Waals surface area contributed by atoms with Crippen molar-refractivity contribution < 1.29 is 0 Å². The molecule has 88 valence electrons. The fourth-order valence-electron chi connectivity index (χ4n) is 2.71. The first kappa shape index (κ1) is 11.7. The maximum absolute atomic E-state index is 3.64. The van der Waals surface area contributed by atoms with Crippen molar-refractivity contribution in [3.8, 4) is 0 Å². The molecule has 0 saturated carbocycles. The standard InChI is InChI=1S/C15H23N/c1-5-15-11(4)14-7-6-12(10(2)3)8-13(14)9-16-15/h6-8,10-11,15-16H,5,9H2,1-4H3. The summed E-state index contributed by atoms with van der Waals surface area (Å²) in [6, 6.07) is 7.68. The third kappa shape index (κ3) is 2.01. The minimum Gasteiger partial charge on any atom is -0.309 e. The van der Waals surface area contributed by atoms with Crippen LogP contribution in [-0.2, 0) is 6.54 Å². The van der Waals surface area contributed by atoms with E-state index in [2.05, 4.69) is 51.2 Å². The summed E-state index contributed by atoms with van der Waals surface area (Å²) in [5.74, 6) is 1.28. The van der Waals surface area contributed by atoms with Gasteiger partial charge in [0, 0.05) is 12.6 Å². The highest BCUT2D eigenvalue weighted by Gasteiger charge is 2.24. The van der Waals surface area contributed by atoms with Crippen LogP contribution in [0.15, 0.2) is 18.2 Å². The number of rotatable bonds is 2. The fourth-order valence-corrected chi connectivity index (χ4v) is 2.71. The monoisotopic (exact) mass is 217 g/mol. The third-order valence-electron chi connectivity index (χ3n) is 3.92. The van der Waals surface area contributed by atoms with Crippen LogP contribution in [0.3, 0.4) is 0 Å². The molecular weight excluding hydrogens is 194 g/mol. The molecule has 1 heteroatoms. The first-order valence-corrected chi connectivity index (χ1v) is 6.49. The lowest BCUT2D eigenvalue weighted by Gasteiger charge is -2.32. The number of hydrogen-bond donors (Lipinski definition) is 1. The second-order valence-corrected chi connectivity index (χ2v) is 5.30. The molecule has 1 nitrogen and oxygen atoms in total. The van der Waals surface area contributed by atoms with E-state index in [4.69, 9.17) is 0 Å². The molecule has 1 aromatic carbocycles. The van der Waals surface area contributed by atoms with Gasteiger partial charge >= 0.3 is 0 Å². The largest absolute Gasteiger partial charge is 0.309 e. The topological polar surface area (TPSA) is 12.0 Å². The molecule has 0 amide bonds. The minimum atomic E-state index is 0.629. The zero-order valence-corrected chi connectivity index (χ0v) is 10.9. The SMILES string of the molecule is CCC1NCc2cc(C(C)C)ccc2C1C. The lowest BCUT2D eigenvalue weighted by atomic mass is 9.83. The summed E-state index contributed by atoms with van der Waals surface area (Å²) >= 11 is 0. The average molecular weight is 217 g/mol. The smallest absolute Gasteiger partial charge is 0.0211 e. The van der Waals surface area contributed by atoms with Gasteiger partial charge in [-0.25, -0.2) is 0 Å². The predicted molar refractivity (Wildman–Crippen MR) is 69.9 cm³/mol. The van der Waals surface area contributed by atoms with Crippen LogP contribution in [0.2, 0.25) is 0 Å². The lowest BCUT2D eigenvalue weighted by molar-refractivity contribution is 0.409. The van der Waals surface area contributed by atoms with E-state index in [9.17, 15) is 0 Å². The van der Waals surface area contributed by atoms with Crippen molar-refractivity contribution in [2.45, 2.75) is 58.5 Å². The van der Waals surface area contributed by atoms with Crippen LogP contribution in [0, 0.1) is 0 Å². The fraction of sp³-hybridized carbons (Fsp3) is 0.600. The highest BCUT2D eigenvalue weighted by atomic mass is 14.9. The van der Waals surface area contributed by atoms with Crippen molar-refractivity contribution in [2.24, 2.45) is 0 Å². The molecule has 16 heavy (non-hydrogen) atoms. The molecule has 1 aliphatic heterocycles. The van der Waals surface area contributed by atoms with Crippen molar-refractivity contribution in [1.82, 2.24) is 5.32 Å². The van der Waals surface area contributed by atoms with Crippen molar-refractivity contribution in [3.63, 3.8) is 0 Å². The molecule has 1 N–H and O–H groups in total. The maximum atomic E-state index is 3.64. The van der Waals surface area contributed by atoms with E-state index < -0.39 is 0 Å². The second kappa shape index (κ2) is 4.58. The number of benzene rings is 1. The number of fused-ring (bicyclic) bond motifs is 1. The summed E-state index contributed by atoms with van der Waals surface area (Å²) in [7, 11) is 0. The Labute approximate surface area is 99.3 Å². The van der Waals surface area contributed by atoms with Crippen molar-refractivity contribution in [1.29, 1.82) is 0 Å². The Bertz CT molecular complexity index is 368. The van der Waals surface area contributed by atoms with Gasteiger partial charge in [-0.15, -0.1) is 0 Å². The summed E-state index contributed by atoms with van der Waals surface area (Å²) in [6.07, 6.45) is 1.21. The van der Waals surface area contributed by atoms with E-state index in [0.717, 1.165) is 6.54 Å². The van der Waals surface area contributed by atoms with E-state index in [0.29, 0.717) is 17.9 Å². The third-order valence-corrected chi connectivity index (χ3v) is 3.92. The molecular formula is C15H23N. The van der Waals surface area contributed by atoms with Crippen molar-refractivity contribution in [3.05, 3.63) is 34.9 Å². The van der Waals surface area contributed by atoms with Crippen LogP contribution < -0.4 is 5.32 Å². The van der Waals surface area contributed by atoms with Crippen LogP contribution in [0.5, 0.6) is 0 Å². The molecule has 1 heterocycles. The molecule has 0 fully saturated rings. The minimum absolute atomic E-state index is 0.629. The lowest BCUT2D eigenvalue weighted by Crippen LogP contribution is -2.37. The molecule has 0 spiro atoms. The highest BCUT2D eigenvalue weighted by Crippen LogP contribution is 2.31. The maximum Gasteiger partial charge on any atom is 0.0211 e. The molecule has 0 bridgehead atoms. The van der Waals surface area contributed by atoms with Crippen LogP contribution in [0.1, 0.15) is 62.6 Å². The molecule has 2 unspecified atom stereocenters. The highest BCUT2D eigenvalue weighted by molar-refractivity contribution is 5.38. The number of hydrogen-bond acceptors (Lipinski definition) is 1. The first-order valence-electron chi connectivity index (χ1n) is 6.49. The molecule has 2 rings (SSSR count). The van der Waals surface area contributed by atoms with E-state index in [1.165, 1.54) is 17.5 Å². The zero-order chi connectivity index (χ0) is 11.7. The van der Waals surface area contributed by atoms with Crippen LogP contribution in [0.25, 0.3) is 0 Å². The Morgan fingerprint density at radius 2 is 2.12 bits per heavy atom. The molecule has 0 aliphatic carbocycles. The van der Waals surface area contributed by atoms with Crippen LogP contribution in [0.4, 0.5) is 0 Å². The van der Waals surface area contributed by atoms with Gasteiger partial charge in [0.05, 0.1) is 0 Å². The normalized spacial score (nSPS) is 24.6. The van der Waals surface area contributed by atoms with E-state index in [1.807, 2.05) is 0 Å². The Balaban J connectivity index is 2.33. The number of nitrogens with one attached hydrogen (secondary N) is 1. The van der Waals surface area contributed by atoms with Crippen molar-refractivity contribution in [2.75, 3.05) is 0 Å². The van der Waals surface area contributed by atoms with Gasteiger partial charge in [-0.1, -0.05) is 45.9 Å². The first-order chi connectivity index (χ1) is 7.63. The van der Waals surface area contributed by atoms with Gasteiger partial charge in [0.1, 0.15) is 0 Å². The summed E-state index contributed by atoms with van der Waals surface area (Å²) < 4.78 is 0. The molecule has 1 aliphatic rings. The molecule has 0 radical (unpaired) electrons. The Morgan fingerprint density at radius 3 is 2.75 bits per heavy atom. The summed E-state index contributed by atoms with van der Waals surface area (Å²) in [4.78, 5) is 0. The van der Waals surface area contributed by atoms with Gasteiger partial charge in [0.2, 0.25) is 0 Å². The van der Waals surface area contributed by atoms with E-state index >= 15 is 0 Å². The Hall–Kier alpha value is -0.820. The second-order valence-electron chi connectivity index (χ2n) is 5.30. The molecule has 0 aromatic heterocycles. The van der Waals surface area contributed by atoms with Crippen molar-refractivity contribution >= 4 is 0 Å². The predicted octanol–water partition coefficient (Wildman–Crippen LogP) is 3.80. The summed E-state index contributed by atoms with van der Waals surface area (Å²) in [6.45, 7) is 10.2.